The SMILES string of the molecule is O=C(NCC(CCc1cc(C2CC2)n[nH]1)c1ccccc1)c1ccccc1O. The number of phenols is 1. The quantitative estimate of drug-likeness (QED) is 0.554. The summed E-state index contributed by atoms with van der Waals surface area (Å²) in [7, 11) is 0. The van der Waals surface area contributed by atoms with Crippen molar-refractivity contribution in [3.63, 3.8) is 0 Å². The Hall–Kier alpha value is -3.08. The van der Waals surface area contributed by atoms with E-state index in [-0.39, 0.29) is 17.6 Å². The lowest BCUT2D eigenvalue weighted by Crippen LogP contribution is -2.28. The Labute approximate surface area is 164 Å². The maximum Gasteiger partial charge on any atom is 0.255 e. The number of hydrogen-bond acceptors (Lipinski definition) is 3. The van der Waals surface area contributed by atoms with E-state index >= 15 is 0 Å². The monoisotopic (exact) mass is 375 g/mol. The zero-order valence-corrected chi connectivity index (χ0v) is 15.8. The molecular weight excluding hydrogens is 350 g/mol. The molecule has 4 rings (SSSR count). The number of carbonyl (C=O) groups is 1. The topological polar surface area (TPSA) is 78.0 Å². The summed E-state index contributed by atoms with van der Waals surface area (Å²) in [6.45, 7) is 0.515. The van der Waals surface area contributed by atoms with Crippen molar-refractivity contribution in [1.82, 2.24) is 15.5 Å². The van der Waals surface area contributed by atoms with Crippen molar-refractivity contribution in [2.45, 2.75) is 37.5 Å². The van der Waals surface area contributed by atoms with Crippen molar-refractivity contribution in [3.8, 4) is 5.75 Å². The van der Waals surface area contributed by atoms with E-state index < -0.39 is 0 Å². The molecule has 0 bridgehead atoms. The molecule has 0 aliphatic heterocycles. The third-order valence-corrected chi connectivity index (χ3v) is 5.34. The number of nitrogens with one attached hydrogen (secondary N) is 2. The third-order valence-electron chi connectivity index (χ3n) is 5.34. The molecule has 28 heavy (non-hydrogen) atoms. The Balaban J connectivity index is 1.41. The normalized spacial score (nSPS) is 14.6. The van der Waals surface area contributed by atoms with Gasteiger partial charge in [-0.25, -0.2) is 0 Å². The van der Waals surface area contributed by atoms with Crippen LogP contribution in [0.3, 0.4) is 0 Å². The molecule has 1 fully saturated rings. The molecule has 1 saturated carbocycles. The van der Waals surface area contributed by atoms with E-state index in [2.05, 4.69) is 33.7 Å². The predicted octanol–water partition coefficient (Wildman–Crippen LogP) is 4.14. The van der Waals surface area contributed by atoms with Crippen molar-refractivity contribution in [1.29, 1.82) is 0 Å². The molecule has 5 nitrogen and oxygen atoms in total. The Bertz CT molecular complexity index is 932. The first-order chi connectivity index (χ1) is 13.7. The van der Waals surface area contributed by atoms with Crippen LogP contribution in [0.4, 0.5) is 0 Å². The van der Waals surface area contributed by atoms with Gasteiger partial charge in [-0.3, -0.25) is 9.89 Å². The van der Waals surface area contributed by atoms with E-state index in [4.69, 9.17) is 0 Å². The number of nitrogens with zero attached hydrogens (tertiary/aromatic N) is 1. The molecule has 144 valence electrons. The fraction of sp³-hybridized carbons (Fsp3) is 0.304. The molecular formula is C23H25N3O2. The number of rotatable bonds is 8. The van der Waals surface area contributed by atoms with Gasteiger partial charge in [-0.05, 0) is 49.4 Å². The van der Waals surface area contributed by atoms with E-state index in [9.17, 15) is 9.90 Å². The fourth-order valence-electron chi connectivity index (χ4n) is 3.51. The van der Waals surface area contributed by atoms with Crippen LogP contribution in [-0.2, 0) is 6.42 Å². The highest BCUT2D eigenvalue weighted by Gasteiger charge is 2.26. The number of aryl methyl sites for hydroxylation is 1. The molecule has 3 N–H and O–H groups in total. The van der Waals surface area contributed by atoms with Gasteiger partial charge in [0.1, 0.15) is 5.75 Å². The molecule has 1 aliphatic rings. The molecule has 1 unspecified atom stereocenters. The highest BCUT2D eigenvalue weighted by atomic mass is 16.3. The molecule has 1 aromatic heterocycles. The van der Waals surface area contributed by atoms with Crippen LogP contribution in [0.5, 0.6) is 5.75 Å². The van der Waals surface area contributed by atoms with Gasteiger partial charge in [0.15, 0.2) is 0 Å². The summed E-state index contributed by atoms with van der Waals surface area (Å²) in [6.07, 6.45) is 4.27. The number of carbonyl (C=O) groups excluding carboxylic acids is 1. The number of hydrogen-bond donors (Lipinski definition) is 3. The minimum Gasteiger partial charge on any atom is -0.507 e. The Kier molecular flexibility index (Phi) is 5.42. The van der Waals surface area contributed by atoms with Crippen LogP contribution in [0.1, 0.15) is 58.4 Å². The van der Waals surface area contributed by atoms with Gasteiger partial charge in [-0.2, -0.15) is 5.10 Å². The van der Waals surface area contributed by atoms with E-state index in [0.29, 0.717) is 18.0 Å². The molecule has 3 aromatic rings. The van der Waals surface area contributed by atoms with Gasteiger partial charge in [0.2, 0.25) is 0 Å². The zero-order valence-electron chi connectivity index (χ0n) is 15.8. The van der Waals surface area contributed by atoms with Crippen LogP contribution in [0.25, 0.3) is 0 Å². The summed E-state index contributed by atoms with van der Waals surface area (Å²) >= 11 is 0. The number of aromatic amines is 1. The molecule has 1 amide bonds. The second kappa shape index (κ2) is 8.30. The van der Waals surface area contributed by atoms with Crippen molar-refractivity contribution in [2.75, 3.05) is 6.54 Å². The van der Waals surface area contributed by atoms with Crippen LogP contribution < -0.4 is 5.32 Å². The molecule has 0 saturated heterocycles. The number of para-hydroxylation sites is 1. The van der Waals surface area contributed by atoms with Crippen molar-refractivity contribution >= 4 is 5.91 Å². The molecule has 2 aromatic carbocycles. The van der Waals surface area contributed by atoms with Gasteiger partial charge in [0, 0.05) is 24.1 Å². The summed E-state index contributed by atoms with van der Waals surface area (Å²) in [4.78, 5) is 12.5. The number of phenolic OH excluding ortho intramolecular Hbond substituents is 1. The number of H-pyrrole nitrogens is 1. The maximum absolute atomic E-state index is 12.5. The summed E-state index contributed by atoms with van der Waals surface area (Å²) in [5.74, 6) is 0.578. The van der Waals surface area contributed by atoms with E-state index in [1.54, 1.807) is 18.2 Å². The first-order valence-corrected chi connectivity index (χ1v) is 9.86. The van der Waals surface area contributed by atoms with Gasteiger partial charge < -0.3 is 10.4 Å². The minimum absolute atomic E-state index is 0.00123. The lowest BCUT2D eigenvalue weighted by Gasteiger charge is -2.18. The number of aromatic hydroxyl groups is 1. The van der Waals surface area contributed by atoms with Gasteiger partial charge in [-0.15, -0.1) is 0 Å². The molecule has 1 aliphatic carbocycles. The highest BCUT2D eigenvalue weighted by molar-refractivity contribution is 5.96. The van der Waals surface area contributed by atoms with E-state index in [0.717, 1.165) is 18.5 Å². The Morgan fingerprint density at radius 2 is 1.89 bits per heavy atom. The summed E-state index contributed by atoms with van der Waals surface area (Å²) in [5.41, 5.74) is 3.83. The molecule has 0 spiro atoms. The first kappa shape index (κ1) is 18.3. The van der Waals surface area contributed by atoms with Gasteiger partial charge in [-0.1, -0.05) is 42.5 Å². The Morgan fingerprint density at radius 1 is 1.14 bits per heavy atom. The van der Waals surface area contributed by atoms with Gasteiger partial charge >= 0.3 is 0 Å². The lowest BCUT2D eigenvalue weighted by atomic mass is 9.93. The van der Waals surface area contributed by atoms with Crippen LogP contribution in [0.15, 0.2) is 60.7 Å². The van der Waals surface area contributed by atoms with Crippen molar-refractivity contribution < 1.29 is 9.90 Å². The van der Waals surface area contributed by atoms with Crippen LogP contribution >= 0.6 is 0 Å². The second-order valence-corrected chi connectivity index (χ2v) is 7.47. The van der Waals surface area contributed by atoms with Crippen LogP contribution in [0.2, 0.25) is 0 Å². The fourth-order valence-corrected chi connectivity index (χ4v) is 3.51. The third kappa shape index (κ3) is 4.42. The summed E-state index contributed by atoms with van der Waals surface area (Å²) in [6, 6.07) is 19.0. The number of amides is 1. The zero-order chi connectivity index (χ0) is 19.3. The van der Waals surface area contributed by atoms with Crippen molar-refractivity contribution in [3.05, 3.63) is 83.2 Å². The van der Waals surface area contributed by atoms with Gasteiger partial charge in [0.05, 0.1) is 11.3 Å². The molecule has 0 radical (unpaired) electrons. The van der Waals surface area contributed by atoms with Crippen LogP contribution in [0, 0.1) is 0 Å². The smallest absolute Gasteiger partial charge is 0.255 e. The maximum atomic E-state index is 12.5. The second-order valence-electron chi connectivity index (χ2n) is 7.47. The number of aromatic nitrogens is 2. The van der Waals surface area contributed by atoms with Crippen LogP contribution in [-0.4, -0.2) is 27.8 Å². The van der Waals surface area contributed by atoms with Gasteiger partial charge in [0.25, 0.3) is 5.91 Å². The highest BCUT2D eigenvalue weighted by Crippen LogP contribution is 2.39. The first-order valence-electron chi connectivity index (χ1n) is 9.86. The average molecular weight is 375 g/mol. The molecule has 1 heterocycles. The minimum atomic E-state index is -0.253. The Morgan fingerprint density at radius 3 is 2.64 bits per heavy atom. The van der Waals surface area contributed by atoms with E-state index in [1.807, 2.05) is 18.2 Å². The van der Waals surface area contributed by atoms with E-state index in [1.165, 1.54) is 30.2 Å². The van der Waals surface area contributed by atoms with Crippen molar-refractivity contribution in [2.24, 2.45) is 0 Å². The number of benzene rings is 2. The largest absolute Gasteiger partial charge is 0.507 e. The summed E-state index contributed by atoms with van der Waals surface area (Å²) < 4.78 is 0. The molecule has 1 atom stereocenters. The molecule has 5 heteroatoms. The lowest BCUT2D eigenvalue weighted by molar-refractivity contribution is 0.0948. The summed E-state index contributed by atoms with van der Waals surface area (Å²) in [5, 5.41) is 20.5. The predicted molar refractivity (Wildman–Crippen MR) is 109 cm³/mol. The standard InChI is InChI=1S/C23H25N3O2/c27-22-9-5-4-8-20(22)23(28)24-15-18(16-6-2-1-3-7-16)12-13-19-14-21(26-25-19)17-10-11-17/h1-9,14,17-18,27H,10-13,15H2,(H,24,28)(H,25,26). The average Bonchev–Trinajstić information content (AvgIpc) is 3.47.